The Morgan fingerprint density at radius 2 is 1.52 bits per heavy atom. The van der Waals surface area contributed by atoms with Crippen LogP contribution in [0.2, 0.25) is 0 Å². The fraction of sp³-hybridized carbons (Fsp3) is 0.350. The van der Waals surface area contributed by atoms with Gasteiger partial charge in [0.25, 0.3) is 0 Å². The molecule has 1 fully saturated rings. The number of hydrogen-bond acceptors (Lipinski definition) is 3. The number of benzene rings is 2. The van der Waals surface area contributed by atoms with Crippen LogP contribution < -0.4 is 5.32 Å². The van der Waals surface area contributed by atoms with Gasteiger partial charge in [-0.25, -0.2) is 13.2 Å². The van der Waals surface area contributed by atoms with E-state index < -0.39 is 10.0 Å². The third-order valence-corrected chi connectivity index (χ3v) is 6.65. The van der Waals surface area contributed by atoms with Crippen LogP contribution in [0.5, 0.6) is 0 Å². The standard InChI is InChI=1S/C20H25N3O3S/c1-16(2)17-8-10-19(11-9-17)27(25,26)23-14-12-22(13-15-23)20(24)21-18-6-4-3-5-7-18/h3-11,16H,12-15H2,1-2H3,(H,21,24). The number of sulfonamides is 1. The second-order valence-electron chi connectivity index (χ2n) is 6.91. The number of carbonyl (C=O) groups excluding carboxylic acids is 1. The Labute approximate surface area is 160 Å². The van der Waals surface area contributed by atoms with Crippen molar-refractivity contribution in [1.29, 1.82) is 0 Å². The van der Waals surface area contributed by atoms with Gasteiger partial charge in [0.05, 0.1) is 4.90 Å². The van der Waals surface area contributed by atoms with Crippen LogP contribution in [0.25, 0.3) is 0 Å². The summed E-state index contributed by atoms with van der Waals surface area (Å²) in [4.78, 5) is 14.3. The topological polar surface area (TPSA) is 69.7 Å². The van der Waals surface area contributed by atoms with Gasteiger partial charge in [-0.1, -0.05) is 44.2 Å². The summed E-state index contributed by atoms with van der Waals surface area (Å²) in [5.74, 6) is 0.355. The summed E-state index contributed by atoms with van der Waals surface area (Å²) in [5, 5.41) is 2.83. The fourth-order valence-corrected chi connectivity index (χ4v) is 4.45. The maximum atomic E-state index is 12.8. The lowest BCUT2D eigenvalue weighted by Crippen LogP contribution is -2.51. The maximum Gasteiger partial charge on any atom is 0.321 e. The summed E-state index contributed by atoms with van der Waals surface area (Å²) in [6.07, 6.45) is 0. The Morgan fingerprint density at radius 1 is 0.926 bits per heavy atom. The van der Waals surface area contributed by atoms with Crippen LogP contribution >= 0.6 is 0 Å². The van der Waals surface area contributed by atoms with Gasteiger partial charge in [-0.2, -0.15) is 4.31 Å². The van der Waals surface area contributed by atoms with E-state index in [-0.39, 0.29) is 19.1 Å². The SMILES string of the molecule is CC(C)c1ccc(S(=O)(=O)N2CCN(C(=O)Nc3ccccc3)CC2)cc1. The minimum absolute atomic E-state index is 0.209. The van der Waals surface area contributed by atoms with Gasteiger partial charge >= 0.3 is 6.03 Å². The van der Waals surface area contributed by atoms with E-state index in [0.717, 1.165) is 11.3 Å². The first-order valence-corrected chi connectivity index (χ1v) is 10.5. The first-order chi connectivity index (χ1) is 12.9. The zero-order valence-corrected chi connectivity index (χ0v) is 16.4. The zero-order chi connectivity index (χ0) is 19.4. The maximum absolute atomic E-state index is 12.8. The summed E-state index contributed by atoms with van der Waals surface area (Å²) in [7, 11) is -3.54. The normalized spacial score (nSPS) is 15.7. The molecular formula is C20H25N3O3S. The second kappa shape index (κ2) is 8.10. The third kappa shape index (κ3) is 4.48. The fourth-order valence-electron chi connectivity index (χ4n) is 3.03. The van der Waals surface area contributed by atoms with Crippen LogP contribution in [0.4, 0.5) is 10.5 Å². The van der Waals surface area contributed by atoms with Crippen molar-refractivity contribution in [2.75, 3.05) is 31.5 Å². The van der Waals surface area contributed by atoms with Gasteiger partial charge in [-0.15, -0.1) is 0 Å². The largest absolute Gasteiger partial charge is 0.322 e. The number of carbonyl (C=O) groups is 1. The highest BCUT2D eigenvalue weighted by molar-refractivity contribution is 7.89. The van der Waals surface area contributed by atoms with Gasteiger partial charge in [-0.05, 0) is 35.7 Å². The second-order valence-corrected chi connectivity index (χ2v) is 8.85. The van der Waals surface area contributed by atoms with Crippen molar-refractivity contribution in [3.63, 3.8) is 0 Å². The van der Waals surface area contributed by atoms with Gasteiger partial charge in [0.15, 0.2) is 0 Å². The molecular weight excluding hydrogens is 362 g/mol. The van der Waals surface area contributed by atoms with Gasteiger partial charge in [-0.3, -0.25) is 0 Å². The van der Waals surface area contributed by atoms with E-state index in [1.54, 1.807) is 17.0 Å². The van der Waals surface area contributed by atoms with Crippen molar-refractivity contribution in [3.8, 4) is 0 Å². The molecule has 1 saturated heterocycles. The predicted molar refractivity (Wildman–Crippen MR) is 106 cm³/mol. The van der Waals surface area contributed by atoms with Crippen LogP contribution in [0.3, 0.4) is 0 Å². The van der Waals surface area contributed by atoms with E-state index >= 15 is 0 Å². The number of amides is 2. The Kier molecular flexibility index (Phi) is 5.82. The molecule has 144 valence electrons. The molecule has 2 aromatic rings. The Hall–Kier alpha value is -2.38. The van der Waals surface area contributed by atoms with E-state index in [9.17, 15) is 13.2 Å². The lowest BCUT2D eigenvalue weighted by Gasteiger charge is -2.34. The van der Waals surface area contributed by atoms with E-state index in [4.69, 9.17) is 0 Å². The molecule has 1 aliphatic heterocycles. The molecule has 27 heavy (non-hydrogen) atoms. The number of rotatable bonds is 4. The van der Waals surface area contributed by atoms with E-state index in [1.165, 1.54) is 4.31 Å². The van der Waals surface area contributed by atoms with Crippen molar-refractivity contribution < 1.29 is 13.2 Å². The number of para-hydroxylation sites is 1. The highest BCUT2D eigenvalue weighted by Gasteiger charge is 2.30. The van der Waals surface area contributed by atoms with Crippen molar-refractivity contribution in [1.82, 2.24) is 9.21 Å². The smallest absolute Gasteiger partial charge is 0.321 e. The van der Waals surface area contributed by atoms with Crippen LogP contribution in [0.1, 0.15) is 25.3 Å². The molecule has 1 aliphatic rings. The van der Waals surface area contributed by atoms with Crippen LogP contribution in [-0.2, 0) is 10.0 Å². The number of piperazine rings is 1. The highest BCUT2D eigenvalue weighted by Crippen LogP contribution is 2.21. The van der Waals surface area contributed by atoms with Crippen molar-refractivity contribution in [2.45, 2.75) is 24.7 Å². The number of hydrogen-bond donors (Lipinski definition) is 1. The van der Waals surface area contributed by atoms with Crippen LogP contribution in [0.15, 0.2) is 59.5 Å². The quantitative estimate of drug-likeness (QED) is 0.875. The van der Waals surface area contributed by atoms with Gasteiger partial charge < -0.3 is 10.2 Å². The lowest BCUT2D eigenvalue weighted by molar-refractivity contribution is 0.184. The molecule has 0 aliphatic carbocycles. The predicted octanol–water partition coefficient (Wildman–Crippen LogP) is 3.35. The molecule has 1 heterocycles. The molecule has 0 bridgehead atoms. The Bertz CT molecular complexity index is 872. The average molecular weight is 388 g/mol. The van der Waals surface area contributed by atoms with Crippen molar-refractivity contribution >= 4 is 21.7 Å². The van der Waals surface area contributed by atoms with Crippen LogP contribution in [-0.4, -0.2) is 49.8 Å². The summed E-state index contributed by atoms with van der Waals surface area (Å²) in [6.45, 7) is 5.45. The molecule has 1 N–H and O–H groups in total. The van der Waals surface area contributed by atoms with E-state index in [0.29, 0.717) is 23.9 Å². The van der Waals surface area contributed by atoms with Gasteiger partial charge in [0, 0.05) is 31.9 Å². The minimum Gasteiger partial charge on any atom is -0.322 e. The summed E-state index contributed by atoms with van der Waals surface area (Å²) < 4.78 is 27.1. The molecule has 7 heteroatoms. The summed E-state index contributed by atoms with van der Waals surface area (Å²) in [5.41, 5.74) is 1.83. The molecule has 2 amide bonds. The lowest BCUT2D eigenvalue weighted by atomic mass is 10.0. The zero-order valence-electron chi connectivity index (χ0n) is 15.6. The average Bonchev–Trinajstić information content (AvgIpc) is 2.69. The first-order valence-electron chi connectivity index (χ1n) is 9.09. The molecule has 3 rings (SSSR count). The first kappa shape index (κ1) is 19.4. The monoisotopic (exact) mass is 387 g/mol. The van der Waals surface area contributed by atoms with Crippen molar-refractivity contribution in [3.05, 3.63) is 60.2 Å². The number of anilines is 1. The van der Waals surface area contributed by atoms with E-state index in [1.807, 2.05) is 42.5 Å². The molecule has 0 saturated carbocycles. The molecule has 0 spiro atoms. The third-order valence-electron chi connectivity index (χ3n) is 4.74. The number of nitrogens with one attached hydrogen (secondary N) is 1. The highest BCUT2D eigenvalue weighted by atomic mass is 32.2. The molecule has 2 aromatic carbocycles. The Morgan fingerprint density at radius 3 is 2.07 bits per heavy atom. The number of urea groups is 1. The molecule has 0 aromatic heterocycles. The van der Waals surface area contributed by atoms with E-state index in [2.05, 4.69) is 19.2 Å². The molecule has 0 radical (unpaired) electrons. The van der Waals surface area contributed by atoms with Crippen molar-refractivity contribution in [2.24, 2.45) is 0 Å². The molecule has 6 nitrogen and oxygen atoms in total. The Balaban J connectivity index is 1.61. The summed E-state index contributed by atoms with van der Waals surface area (Å²) in [6, 6.07) is 16.1. The van der Waals surface area contributed by atoms with Gasteiger partial charge in [0.1, 0.15) is 0 Å². The summed E-state index contributed by atoms with van der Waals surface area (Å²) >= 11 is 0. The van der Waals surface area contributed by atoms with Crippen LogP contribution in [0, 0.1) is 0 Å². The molecule has 0 atom stereocenters. The molecule has 0 unspecified atom stereocenters. The number of nitrogens with zero attached hydrogens (tertiary/aromatic N) is 2. The van der Waals surface area contributed by atoms with Gasteiger partial charge in [0.2, 0.25) is 10.0 Å². The minimum atomic E-state index is -3.54.